The molecule has 0 bridgehead atoms. The van der Waals surface area contributed by atoms with Crippen LogP contribution in [0.25, 0.3) is 10.9 Å². The molecule has 0 aliphatic rings. The highest BCUT2D eigenvalue weighted by molar-refractivity contribution is 7.99. The molecule has 0 aliphatic carbocycles. The van der Waals surface area contributed by atoms with E-state index in [4.69, 9.17) is 5.11 Å². The molecule has 0 saturated heterocycles. The van der Waals surface area contributed by atoms with Crippen LogP contribution < -0.4 is 5.32 Å². The van der Waals surface area contributed by atoms with Gasteiger partial charge < -0.3 is 15.0 Å². The molecule has 22 heavy (non-hydrogen) atoms. The molecule has 0 unspecified atom stereocenters. The molecule has 2 N–H and O–H groups in total. The SMILES string of the molecule is CCCn1c(C(=O)NCCSCC(=O)O)cc2ccccc21. The minimum Gasteiger partial charge on any atom is -0.481 e. The van der Waals surface area contributed by atoms with Crippen molar-refractivity contribution in [2.24, 2.45) is 0 Å². The van der Waals surface area contributed by atoms with Crippen LogP contribution in [-0.2, 0) is 11.3 Å². The zero-order chi connectivity index (χ0) is 15.9. The maximum Gasteiger partial charge on any atom is 0.313 e. The Labute approximate surface area is 133 Å². The molecular formula is C16H20N2O3S. The molecule has 0 aliphatic heterocycles. The molecule has 0 atom stereocenters. The predicted octanol–water partition coefficient (Wildman–Crippen LogP) is 2.60. The second-order valence-corrected chi connectivity index (χ2v) is 6.05. The van der Waals surface area contributed by atoms with Crippen LogP contribution in [0.15, 0.2) is 30.3 Å². The van der Waals surface area contributed by atoms with E-state index in [-0.39, 0.29) is 11.7 Å². The number of amides is 1. The summed E-state index contributed by atoms with van der Waals surface area (Å²) in [6, 6.07) is 9.86. The van der Waals surface area contributed by atoms with Gasteiger partial charge in [-0.3, -0.25) is 9.59 Å². The maximum absolute atomic E-state index is 12.3. The molecule has 0 fully saturated rings. The normalized spacial score (nSPS) is 10.8. The number of carboxylic acid groups (broad SMARTS) is 1. The van der Waals surface area contributed by atoms with E-state index in [0.717, 1.165) is 23.9 Å². The Morgan fingerprint density at radius 3 is 2.82 bits per heavy atom. The van der Waals surface area contributed by atoms with Gasteiger partial charge in [0, 0.05) is 29.7 Å². The number of carbonyl (C=O) groups is 2. The largest absolute Gasteiger partial charge is 0.481 e. The zero-order valence-corrected chi connectivity index (χ0v) is 13.4. The summed E-state index contributed by atoms with van der Waals surface area (Å²) in [5.41, 5.74) is 1.72. The molecule has 1 aromatic carbocycles. The summed E-state index contributed by atoms with van der Waals surface area (Å²) < 4.78 is 2.04. The van der Waals surface area contributed by atoms with E-state index in [0.29, 0.717) is 18.0 Å². The number of nitrogens with one attached hydrogen (secondary N) is 1. The molecule has 0 spiro atoms. The lowest BCUT2D eigenvalue weighted by molar-refractivity contribution is -0.133. The summed E-state index contributed by atoms with van der Waals surface area (Å²) in [4.78, 5) is 22.8. The Balaban J connectivity index is 2.04. The fourth-order valence-electron chi connectivity index (χ4n) is 2.35. The van der Waals surface area contributed by atoms with E-state index in [1.807, 2.05) is 34.9 Å². The number of aliphatic carboxylic acids is 1. The second kappa shape index (κ2) is 7.89. The van der Waals surface area contributed by atoms with Crippen LogP contribution >= 0.6 is 11.8 Å². The average Bonchev–Trinajstić information content (AvgIpc) is 2.86. The van der Waals surface area contributed by atoms with Gasteiger partial charge in [-0.05, 0) is 18.6 Å². The number of hydrogen-bond acceptors (Lipinski definition) is 3. The van der Waals surface area contributed by atoms with Crippen LogP contribution in [0, 0.1) is 0 Å². The lowest BCUT2D eigenvalue weighted by atomic mass is 10.2. The number of aromatic nitrogens is 1. The number of benzene rings is 1. The maximum atomic E-state index is 12.3. The summed E-state index contributed by atoms with van der Waals surface area (Å²) in [5.74, 6) is -0.294. The van der Waals surface area contributed by atoms with Crippen LogP contribution in [-0.4, -0.2) is 39.6 Å². The highest BCUT2D eigenvalue weighted by Gasteiger charge is 2.14. The number of carboxylic acids is 1. The highest BCUT2D eigenvalue weighted by atomic mass is 32.2. The first-order valence-electron chi connectivity index (χ1n) is 7.29. The first-order valence-corrected chi connectivity index (χ1v) is 8.45. The molecule has 1 heterocycles. The third-order valence-corrected chi connectivity index (χ3v) is 4.19. The minimum atomic E-state index is -0.834. The lowest BCUT2D eigenvalue weighted by Gasteiger charge is -2.09. The van der Waals surface area contributed by atoms with E-state index >= 15 is 0 Å². The first-order chi connectivity index (χ1) is 10.6. The molecule has 1 aromatic heterocycles. The fourth-order valence-corrected chi connectivity index (χ4v) is 2.92. The van der Waals surface area contributed by atoms with Crippen molar-refractivity contribution >= 4 is 34.5 Å². The van der Waals surface area contributed by atoms with Crippen molar-refractivity contribution in [1.82, 2.24) is 9.88 Å². The standard InChI is InChI=1S/C16H20N2O3S/c1-2-8-18-13-6-4-3-5-12(13)10-14(18)16(21)17-7-9-22-11-15(19)20/h3-6,10H,2,7-9,11H2,1H3,(H,17,21)(H,19,20). The third-order valence-electron chi connectivity index (χ3n) is 3.25. The number of thioether (sulfide) groups is 1. The molecule has 6 heteroatoms. The number of para-hydroxylation sites is 1. The van der Waals surface area contributed by atoms with Gasteiger partial charge in [-0.2, -0.15) is 0 Å². The van der Waals surface area contributed by atoms with Crippen molar-refractivity contribution in [3.05, 3.63) is 36.0 Å². The fraction of sp³-hybridized carbons (Fsp3) is 0.375. The van der Waals surface area contributed by atoms with Crippen LogP contribution in [0.3, 0.4) is 0 Å². The average molecular weight is 320 g/mol. The molecular weight excluding hydrogens is 300 g/mol. The Morgan fingerprint density at radius 2 is 2.09 bits per heavy atom. The summed E-state index contributed by atoms with van der Waals surface area (Å²) >= 11 is 1.30. The second-order valence-electron chi connectivity index (χ2n) is 4.94. The van der Waals surface area contributed by atoms with Crippen molar-refractivity contribution in [1.29, 1.82) is 0 Å². The Kier molecular flexibility index (Phi) is 5.89. The summed E-state index contributed by atoms with van der Waals surface area (Å²) in [6.45, 7) is 3.34. The Bertz CT molecular complexity index is 666. The highest BCUT2D eigenvalue weighted by Crippen LogP contribution is 2.20. The molecule has 5 nitrogen and oxygen atoms in total. The molecule has 118 valence electrons. The minimum absolute atomic E-state index is 0.0615. The molecule has 0 saturated carbocycles. The zero-order valence-electron chi connectivity index (χ0n) is 12.5. The van der Waals surface area contributed by atoms with E-state index in [1.165, 1.54) is 11.8 Å². The van der Waals surface area contributed by atoms with Gasteiger partial charge in [0.05, 0.1) is 5.75 Å². The number of rotatable bonds is 8. The lowest BCUT2D eigenvalue weighted by Crippen LogP contribution is -2.28. The van der Waals surface area contributed by atoms with Crippen molar-refractivity contribution in [2.45, 2.75) is 19.9 Å². The first kappa shape index (κ1) is 16.4. The Morgan fingerprint density at radius 1 is 1.32 bits per heavy atom. The van der Waals surface area contributed by atoms with Gasteiger partial charge in [-0.15, -0.1) is 11.8 Å². The van der Waals surface area contributed by atoms with Crippen molar-refractivity contribution < 1.29 is 14.7 Å². The van der Waals surface area contributed by atoms with E-state index in [9.17, 15) is 9.59 Å². The van der Waals surface area contributed by atoms with Gasteiger partial charge in [0.15, 0.2) is 0 Å². The van der Waals surface area contributed by atoms with Gasteiger partial charge in [0.1, 0.15) is 5.69 Å². The predicted molar refractivity (Wildman–Crippen MR) is 89.5 cm³/mol. The van der Waals surface area contributed by atoms with Crippen LogP contribution in [0.1, 0.15) is 23.8 Å². The van der Waals surface area contributed by atoms with Gasteiger partial charge in [-0.25, -0.2) is 0 Å². The monoisotopic (exact) mass is 320 g/mol. The van der Waals surface area contributed by atoms with Gasteiger partial charge >= 0.3 is 5.97 Å². The molecule has 2 aromatic rings. The van der Waals surface area contributed by atoms with Crippen molar-refractivity contribution in [2.75, 3.05) is 18.1 Å². The van der Waals surface area contributed by atoms with Crippen LogP contribution in [0.2, 0.25) is 0 Å². The molecule has 2 rings (SSSR count). The van der Waals surface area contributed by atoms with Crippen LogP contribution in [0.4, 0.5) is 0 Å². The number of hydrogen-bond donors (Lipinski definition) is 2. The summed E-state index contributed by atoms with van der Waals surface area (Å²) in [6.07, 6.45) is 0.952. The topological polar surface area (TPSA) is 71.3 Å². The summed E-state index contributed by atoms with van der Waals surface area (Å²) in [7, 11) is 0. The number of fused-ring (bicyclic) bond motifs is 1. The quantitative estimate of drug-likeness (QED) is 0.733. The van der Waals surface area contributed by atoms with Gasteiger partial charge in [0.25, 0.3) is 5.91 Å². The van der Waals surface area contributed by atoms with E-state index in [1.54, 1.807) is 0 Å². The van der Waals surface area contributed by atoms with Crippen molar-refractivity contribution in [3.63, 3.8) is 0 Å². The molecule has 0 radical (unpaired) electrons. The number of aryl methyl sites for hydroxylation is 1. The third kappa shape index (κ3) is 4.04. The molecule has 1 amide bonds. The summed E-state index contributed by atoms with van der Waals surface area (Å²) in [5, 5.41) is 12.5. The van der Waals surface area contributed by atoms with E-state index < -0.39 is 5.97 Å². The van der Waals surface area contributed by atoms with Crippen molar-refractivity contribution in [3.8, 4) is 0 Å². The van der Waals surface area contributed by atoms with Crippen LogP contribution in [0.5, 0.6) is 0 Å². The van der Waals surface area contributed by atoms with Gasteiger partial charge in [0.2, 0.25) is 0 Å². The van der Waals surface area contributed by atoms with E-state index in [2.05, 4.69) is 12.2 Å². The number of nitrogens with zero attached hydrogens (tertiary/aromatic N) is 1. The smallest absolute Gasteiger partial charge is 0.313 e. The number of carbonyl (C=O) groups excluding carboxylic acids is 1. The van der Waals surface area contributed by atoms with Gasteiger partial charge in [-0.1, -0.05) is 25.1 Å². The Hall–Kier alpha value is -1.95.